The Kier molecular flexibility index (Phi) is 19.9. The van der Waals surface area contributed by atoms with Crippen LogP contribution in [0, 0.1) is 12.3 Å². The molecule has 1 aliphatic heterocycles. The fourth-order valence-electron chi connectivity index (χ4n) is 8.60. The maximum Gasteiger partial charge on any atom is 0.328 e. The molecule has 21 nitrogen and oxygen atoms in total. The number of anilines is 1. The van der Waals surface area contributed by atoms with Crippen molar-refractivity contribution in [3.63, 3.8) is 0 Å². The molecule has 0 aliphatic carbocycles. The number of benzene rings is 4. The summed E-state index contributed by atoms with van der Waals surface area (Å²) in [4.78, 5) is 73.0. The van der Waals surface area contributed by atoms with Crippen molar-refractivity contribution in [3.05, 3.63) is 118 Å². The Morgan fingerprint density at radius 2 is 1.53 bits per heavy atom. The van der Waals surface area contributed by atoms with Crippen molar-refractivity contribution >= 4 is 61.7 Å². The van der Waals surface area contributed by atoms with Crippen molar-refractivity contribution in [3.8, 4) is 27.7 Å². The predicted octanol–water partition coefficient (Wildman–Crippen LogP) is 5.28. The summed E-state index contributed by atoms with van der Waals surface area (Å²) in [6.45, 7) is 10.5. The molecule has 1 saturated heterocycles. The van der Waals surface area contributed by atoms with E-state index in [9.17, 15) is 37.5 Å². The van der Waals surface area contributed by atoms with E-state index < -0.39 is 57.3 Å². The van der Waals surface area contributed by atoms with Gasteiger partial charge in [-0.05, 0) is 66.3 Å². The van der Waals surface area contributed by atoms with Gasteiger partial charge in [0.2, 0.25) is 17.7 Å². The van der Waals surface area contributed by atoms with Crippen LogP contribution in [-0.2, 0) is 59.3 Å². The van der Waals surface area contributed by atoms with Gasteiger partial charge in [-0.3, -0.25) is 33.0 Å². The van der Waals surface area contributed by atoms with Gasteiger partial charge in [0.25, 0.3) is 15.9 Å². The Bertz CT molecular complexity index is 3240. The molecule has 1 aliphatic rings. The number of amides is 4. The van der Waals surface area contributed by atoms with Gasteiger partial charge in [0.1, 0.15) is 30.2 Å². The number of imidazole rings is 1. The summed E-state index contributed by atoms with van der Waals surface area (Å²) < 4.78 is 61.8. The zero-order chi connectivity index (χ0) is 56.1. The number of sulfonamides is 1. The number of aliphatic hydroxyl groups is 1. The first-order valence-electron chi connectivity index (χ1n) is 25.5. The number of likely N-dealkylation sites (tertiary alicyclic amines) is 1. The van der Waals surface area contributed by atoms with Crippen LogP contribution in [0.2, 0.25) is 0 Å². The summed E-state index contributed by atoms with van der Waals surface area (Å²) in [5.74, 6) is -0.873. The first-order chi connectivity index (χ1) is 37.2. The van der Waals surface area contributed by atoms with E-state index >= 15 is 0 Å². The van der Waals surface area contributed by atoms with Crippen molar-refractivity contribution in [2.24, 2.45) is 19.5 Å². The number of hydrogen-bond donors (Lipinski definition) is 5. The lowest BCUT2D eigenvalue weighted by atomic mass is 9.85. The minimum atomic E-state index is -4.30. The lowest BCUT2D eigenvalue weighted by Crippen LogP contribution is -2.58. The smallest absolute Gasteiger partial charge is 0.328 e. The number of aliphatic hydroxyl groups excluding tert-OH is 1. The number of thiazole rings is 1. The second-order valence-corrected chi connectivity index (χ2v) is 22.3. The number of rotatable bonds is 26. The van der Waals surface area contributed by atoms with Crippen LogP contribution in [0.1, 0.15) is 62.2 Å². The number of hydrogen-bond acceptors (Lipinski definition) is 15. The molecular weight excluding hydrogens is 1040 g/mol. The van der Waals surface area contributed by atoms with Gasteiger partial charge < -0.3 is 49.6 Å². The minimum absolute atomic E-state index is 0.0529. The molecule has 5 N–H and O–H groups in total. The van der Waals surface area contributed by atoms with Crippen molar-refractivity contribution in [2.75, 3.05) is 64.1 Å². The second-order valence-electron chi connectivity index (χ2n) is 19.8. The lowest BCUT2D eigenvalue weighted by molar-refractivity contribution is -0.144. The summed E-state index contributed by atoms with van der Waals surface area (Å²) in [5, 5.41) is 19.0. The Morgan fingerprint density at radius 3 is 2.22 bits per heavy atom. The first-order valence-corrected chi connectivity index (χ1v) is 27.9. The molecule has 0 radical (unpaired) electrons. The largest absolute Gasteiger partial charge is 0.493 e. The third kappa shape index (κ3) is 15.1. The Balaban J connectivity index is 0.809. The van der Waals surface area contributed by atoms with Crippen LogP contribution in [0.3, 0.4) is 0 Å². The summed E-state index contributed by atoms with van der Waals surface area (Å²) in [5.41, 5.74) is 4.71. The lowest BCUT2D eigenvalue weighted by Gasteiger charge is -2.35. The van der Waals surface area contributed by atoms with E-state index in [1.165, 1.54) is 44.4 Å². The molecule has 418 valence electrons. The van der Waals surface area contributed by atoms with Gasteiger partial charge in [-0.15, -0.1) is 11.3 Å². The van der Waals surface area contributed by atoms with Gasteiger partial charge in [0.15, 0.2) is 5.75 Å². The number of carbonyl (C=O) groups is 4. The Morgan fingerprint density at radius 1 is 0.846 bits per heavy atom. The molecule has 2 aromatic heterocycles. The van der Waals surface area contributed by atoms with Crippen LogP contribution in [0.4, 0.5) is 5.69 Å². The molecule has 6 aromatic rings. The average molecular weight is 1110 g/mol. The van der Waals surface area contributed by atoms with Crippen LogP contribution in [0.25, 0.3) is 21.5 Å². The number of aromatic nitrogens is 3. The van der Waals surface area contributed by atoms with E-state index in [0.29, 0.717) is 29.1 Å². The first kappa shape index (κ1) is 58.5. The van der Waals surface area contributed by atoms with Gasteiger partial charge in [-0.25, -0.2) is 18.2 Å². The molecule has 3 heterocycles. The van der Waals surface area contributed by atoms with Crippen LogP contribution in [0.15, 0.2) is 100 Å². The molecule has 23 heteroatoms. The summed E-state index contributed by atoms with van der Waals surface area (Å²) >= 11 is 1.56. The molecule has 1 fully saturated rings. The minimum Gasteiger partial charge on any atom is -0.493 e. The maximum atomic E-state index is 14.0. The van der Waals surface area contributed by atoms with E-state index in [1.54, 1.807) is 82.0 Å². The standard InChI is InChI=1S/C55H68N8O13S2/c1-8-20-75-40-12-10-13-41(28-40)76-47-30-45-44(61(6)54(69)62(45)7)29-43(47)60-78(70,71)42-14-9-11-38(26-42)51(66)56-19-21-72-22-23-73-24-25-74-33-48(65)59-50(55(3,4)5)53(68)63-32-39(64)27-46(63)52(67)57-31-36-15-17-37(18-16-36)49-35(2)58-34-77-49/h9-18,26,28-30,34,39,46,50,60,64H,8,19-25,27,31-33H2,1-7H3,(H,56,66)(H,57,67)(H,59,65)/t39-,46+,50?/m0/s1. The molecule has 0 bridgehead atoms. The SMILES string of the molecule is CCCOc1cccc(Oc2cc3c(cc2NS(=O)(=O)c2cccc(C(=O)NCCOCCOCCOCC(=O)NC(C(=O)N4C[C@@H](O)C[C@@H]4C(=O)NCc4ccc(-c5scnc5C)cc4)C(C)(C)C)c2)n(C)c(=O)n3C)c1. The maximum absolute atomic E-state index is 14.0. The number of aryl methyl sites for hydroxylation is 3. The van der Waals surface area contributed by atoms with Crippen molar-refractivity contribution < 1.29 is 56.4 Å². The molecular formula is C55H68N8O13S2. The molecule has 1 unspecified atom stereocenters. The molecule has 0 spiro atoms. The summed E-state index contributed by atoms with van der Waals surface area (Å²) in [6.07, 6.45) is -0.0394. The molecule has 4 aromatic carbocycles. The van der Waals surface area contributed by atoms with E-state index in [4.69, 9.17) is 23.7 Å². The van der Waals surface area contributed by atoms with Crippen molar-refractivity contribution in [1.82, 2.24) is 35.0 Å². The molecule has 78 heavy (non-hydrogen) atoms. The normalized spacial score (nSPS) is 15.0. The van der Waals surface area contributed by atoms with Crippen molar-refractivity contribution in [1.29, 1.82) is 0 Å². The van der Waals surface area contributed by atoms with Crippen LogP contribution in [-0.4, -0.2) is 134 Å². The number of β-amino-alcohol motifs (C(OH)–C–C–N with tert-alkyl or cyclic N) is 1. The highest BCUT2D eigenvalue weighted by Gasteiger charge is 2.44. The van der Waals surface area contributed by atoms with Gasteiger partial charge >= 0.3 is 5.69 Å². The highest BCUT2D eigenvalue weighted by atomic mass is 32.2. The topological polar surface area (TPSA) is 260 Å². The summed E-state index contributed by atoms with van der Waals surface area (Å²) in [7, 11) is -1.11. The fraction of sp³-hybridized carbons (Fsp3) is 0.418. The number of carbonyl (C=O) groups excluding carboxylic acids is 4. The zero-order valence-corrected chi connectivity index (χ0v) is 46.5. The highest BCUT2D eigenvalue weighted by molar-refractivity contribution is 7.92. The van der Waals surface area contributed by atoms with Crippen molar-refractivity contribution in [2.45, 2.75) is 77.1 Å². The Hall–Kier alpha value is -7.15. The third-order valence-corrected chi connectivity index (χ3v) is 15.1. The summed E-state index contributed by atoms with van der Waals surface area (Å²) in [6, 6.07) is 21.4. The molecule has 3 atom stereocenters. The van der Waals surface area contributed by atoms with E-state index in [2.05, 4.69) is 25.7 Å². The highest BCUT2D eigenvalue weighted by Crippen LogP contribution is 2.36. The fourth-order valence-corrected chi connectivity index (χ4v) is 10.5. The van der Waals surface area contributed by atoms with Gasteiger partial charge in [0, 0.05) is 57.8 Å². The second kappa shape index (κ2) is 26.5. The number of ether oxygens (including phenoxy) is 5. The molecule has 0 saturated carbocycles. The zero-order valence-electron chi connectivity index (χ0n) is 44.8. The monoisotopic (exact) mass is 1110 g/mol. The average Bonchev–Trinajstić information content (AvgIpc) is 4.25. The molecule has 7 rings (SSSR count). The third-order valence-electron chi connectivity index (χ3n) is 12.8. The van der Waals surface area contributed by atoms with E-state index in [0.717, 1.165) is 28.1 Å². The van der Waals surface area contributed by atoms with Crippen LogP contribution >= 0.6 is 11.3 Å². The Labute approximate surface area is 457 Å². The predicted molar refractivity (Wildman–Crippen MR) is 294 cm³/mol. The van der Waals surface area contributed by atoms with E-state index in [-0.39, 0.29) is 93.3 Å². The van der Waals surface area contributed by atoms with Gasteiger partial charge in [-0.2, -0.15) is 0 Å². The van der Waals surface area contributed by atoms with Gasteiger partial charge in [-0.1, -0.05) is 64.1 Å². The van der Waals surface area contributed by atoms with Gasteiger partial charge in [0.05, 0.1) is 83.4 Å². The van der Waals surface area contributed by atoms with E-state index in [1.807, 2.05) is 38.1 Å². The quantitative estimate of drug-likeness (QED) is 0.0433. The van der Waals surface area contributed by atoms with Crippen LogP contribution < -0.4 is 35.8 Å². The number of nitrogens with one attached hydrogen (secondary N) is 4. The number of nitrogens with zero attached hydrogens (tertiary/aromatic N) is 4. The van der Waals surface area contributed by atoms with Crippen LogP contribution in [0.5, 0.6) is 17.2 Å². The number of fused-ring (bicyclic) bond motifs is 1. The molecule has 4 amide bonds.